The van der Waals surface area contributed by atoms with Gasteiger partial charge >= 0.3 is 0 Å². The highest BCUT2D eigenvalue weighted by Crippen LogP contribution is 2.22. The molecule has 17 heavy (non-hydrogen) atoms. The Balaban J connectivity index is 3.05. The predicted octanol–water partition coefficient (Wildman–Crippen LogP) is 3.48. The van der Waals surface area contributed by atoms with Gasteiger partial charge in [-0.1, -0.05) is 20.3 Å². The van der Waals surface area contributed by atoms with Gasteiger partial charge in [-0.2, -0.15) is 4.98 Å². The molecule has 0 aromatic carbocycles. The van der Waals surface area contributed by atoms with Gasteiger partial charge in [0, 0.05) is 17.7 Å². The molecule has 0 N–H and O–H groups in total. The van der Waals surface area contributed by atoms with E-state index in [0.29, 0.717) is 0 Å². The highest BCUT2D eigenvalue weighted by Gasteiger charge is 2.13. The van der Waals surface area contributed by atoms with Crippen LogP contribution in [0.4, 0.5) is 0 Å². The molecule has 0 unspecified atom stereocenters. The van der Waals surface area contributed by atoms with Gasteiger partial charge in [0.05, 0.1) is 6.10 Å². The third kappa shape index (κ3) is 3.99. The molecule has 0 radical (unpaired) electrons. The van der Waals surface area contributed by atoms with Gasteiger partial charge in [0.1, 0.15) is 5.82 Å². The van der Waals surface area contributed by atoms with Crippen LogP contribution in [0.5, 0.6) is 5.88 Å². The minimum absolute atomic E-state index is 0.161. The lowest BCUT2D eigenvalue weighted by Crippen LogP contribution is -2.12. The summed E-state index contributed by atoms with van der Waals surface area (Å²) in [6.45, 7) is 10.4. The Morgan fingerprint density at radius 1 is 1.18 bits per heavy atom. The average Bonchev–Trinajstić information content (AvgIpc) is 2.27. The number of rotatable bonds is 6. The second-order valence-electron chi connectivity index (χ2n) is 4.63. The molecule has 0 saturated heterocycles. The minimum atomic E-state index is 0.161. The second-order valence-corrected chi connectivity index (χ2v) is 4.63. The lowest BCUT2D eigenvalue weighted by molar-refractivity contribution is 0.228. The molecule has 1 rings (SSSR count). The fraction of sp³-hybridized carbons (Fsp3) is 0.714. The number of aromatic nitrogens is 2. The normalized spacial score (nSPS) is 10.9. The maximum atomic E-state index is 5.81. The molecule has 1 aromatic heterocycles. The first-order chi connectivity index (χ1) is 8.08. The Hall–Kier alpha value is -1.12. The summed E-state index contributed by atoms with van der Waals surface area (Å²) in [4.78, 5) is 9.03. The number of nitrogens with zero attached hydrogens (tertiary/aromatic N) is 2. The zero-order valence-electron chi connectivity index (χ0n) is 11.7. The summed E-state index contributed by atoms with van der Waals surface area (Å²) in [5.74, 6) is 1.66. The van der Waals surface area contributed by atoms with E-state index in [1.807, 2.05) is 13.8 Å². The quantitative estimate of drug-likeness (QED) is 0.758. The van der Waals surface area contributed by atoms with Crippen LogP contribution in [0.2, 0.25) is 0 Å². The van der Waals surface area contributed by atoms with Crippen LogP contribution in [-0.2, 0) is 12.8 Å². The third-order valence-electron chi connectivity index (χ3n) is 2.67. The fourth-order valence-electron chi connectivity index (χ4n) is 1.75. The van der Waals surface area contributed by atoms with Crippen molar-refractivity contribution in [3.63, 3.8) is 0 Å². The van der Waals surface area contributed by atoms with Crippen LogP contribution in [0.25, 0.3) is 0 Å². The monoisotopic (exact) mass is 236 g/mol. The van der Waals surface area contributed by atoms with Gasteiger partial charge in [-0.15, -0.1) is 0 Å². The SMILES string of the molecule is CCCCc1c(C)nc(CC)nc1OC(C)C. The number of unbranched alkanes of at least 4 members (excludes halogenated alkanes) is 1. The molecule has 3 nitrogen and oxygen atoms in total. The third-order valence-corrected chi connectivity index (χ3v) is 2.67. The molecule has 3 heteroatoms. The molecule has 0 aliphatic rings. The van der Waals surface area contributed by atoms with Crippen molar-refractivity contribution in [1.29, 1.82) is 0 Å². The standard InChI is InChI=1S/C14H24N2O/c1-6-8-9-12-11(5)15-13(7-2)16-14(12)17-10(3)4/h10H,6-9H2,1-5H3. The van der Waals surface area contributed by atoms with Crippen LogP contribution in [0, 0.1) is 6.92 Å². The Bertz CT molecular complexity index is 361. The summed E-state index contributed by atoms with van der Waals surface area (Å²) >= 11 is 0. The van der Waals surface area contributed by atoms with Crippen LogP contribution >= 0.6 is 0 Å². The molecule has 1 heterocycles. The van der Waals surface area contributed by atoms with Crippen molar-refractivity contribution in [2.24, 2.45) is 0 Å². The average molecular weight is 236 g/mol. The van der Waals surface area contributed by atoms with Crippen LogP contribution in [0.3, 0.4) is 0 Å². The van der Waals surface area contributed by atoms with E-state index in [0.717, 1.165) is 36.7 Å². The van der Waals surface area contributed by atoms with E-state index in [1.165, 1.54) is 12.0 Å². The first-order valence-corrected chi connectivity index (χ1v) is 6.61. The molecular formula is C14H24N2O. The largest absolute Gasteiger partial charge is 0.475 e. The van der Waals surface area contributed by atoms with Gasteiger partial charge in [-0.05, 0) is 33.6 Å². The molecule has 0 aliphatic carbocycles. The highest BCUT2D eigenvalue weighted by molar-refractivity contribution is 5.30. The summed E-state index contributed by atoms with van der Waals surface area (Å²) < 4.78 is 5.81. The predicted molar refractivity (Wildman–Crippen MR) is 70.5 cm³/mol. The van der Waals surface area contributed by atoms with Gasteiger partial charge in [0.2, 0.25) is 5.88 Å². The first-order valence-electron chi connectivity index (χ1n) is 6.61. The summed E-state index contributed by atoms with van der Waals surface area (Å²) in [6, 6.07) is 0. The molecule has 0 atom stereocenters. The van der Waals surface area contributed by atoms with E-state index in [-0.39, 0.29) is 6.10 Å². The molecule has 0 amide bonds. The highest BCUT2D eigenvalue weighted by atomic mass is 16.5. The lowest BCUT2D eigenvalue weighted by atomic mass is 10.1. The zero-order chi connectivity index (χ0) is 12.8. The van der Waals surface area contributed by atoms with Crippen molar-refractivity contribution in [3.8, 4) is 5.88 Å². The zero-order valence-corrected chi connectivity index (χ0v) is 11.7. The van der Waals surface area contributed by atoms with Gasteiger partial charge in [-0.3, -0.25) is 0 Å². The van der Waals surface area contributed by atoms with Gasteiger partial charge < -0.3 is 4.74 Å². The number of hydrogen-bond donors (Lipinski definition) is 0. The van der Waals surface area contributed by atoms with Gasteiger partial charge in [-0.25, -0.2) is 4.98 Å². The van der Waals surface area contributed by atoms with E-state index >= 15 is 0 Å². The van der Waals surface area contributed by atoms with E-state index < -0.39 is 0 Å². The van der Waals surface area contributed by atoms with Crippen molar-refractivity contribution in [2.45, 2.75) is 66.4 Å². The molecule has 0 bridgehead atoms. The van der Waals surface area contributed by atoms with Crippen molar-refractivity contribution in [2.75, 3.05) is 0 Å². The van der Waals surface area contributed by atoms with Crippen molar-refractivity contribution in [1.82, 2.24) is 9.97 Å². The van der Waals surface area contributed by atoms with E-state index in [4.69, 9.17) is 4.74 Å². The van der Waals surface area contributed by atoms with E-state index in [2.05, 4.69) is 30.7 Å². The summed E-state index contributed by atoms with van der Waals surface area (Å²) in [5.41, 5.74) is 2.25. The minimum Gasteiger partial charge on any atom is -0.475 e. The van der Waals surface area contributed by atoms with Crippen molar-refractivity contribution >= 4 is 0 Å². The maximum absolute atomic E-state index is 5.81. The summed E-state index contributed by atoms with van der Waals surface area (Å²) in [7, 11) is 0. The topological polar surface area (TPSA) is 35.0 Å². The molecule has 0 aliphatic heterocycles. The fourth-order valence-corrected chi connectivity index (χ4v) is 1.75. The molecular weight excluding hydrogens is 212 g/mol. The number of aryl methyl sites for hydroxylation is 2. The molecule has 1 aromatic rings. The van der Waals surface area contributed by atoms with Gasteiger partial charge in [0.15, 0.2) is 0 Å². The van der Waals surface area contributed by atoms with Crippen molar-refractivity contribution < 1.29 is 4.74 Å². The number of hydrogen-bond acceptors (Lipinski definition) is 3. The van der Waals surface area contributed by atoms with E-state index in [1.54, 1.807) is 0 Å². The molecule has 0 spiro atoms. The maximum Gasteiger partial charge on any atom is 0.220 e. The van der Waals surface area contributed by atoms with E-state index in [9.17, 15) is 0 Å². The molecule has 96 valence electrons. The molecule has 0 saturated carbocycles. The van der Waals surface area contributed by atoms with Crippen LogP contribution in [0.1, 0.15) is 57.6 Å². The first kappa shape index (κ1) is 13.9. The number of ether oxygens (including phenoxy) is 1. The van der Waals surface area contributed by atoms with Crippen molar-refractivity contribution in [3.05, 3.63) is 17.1 Å². The Kier molecular flexibility index (Phi) is 5.39. The smallest absolute Gasteiger partial charge is 0.220 e. The Labute approximate surface area is 105 Å². The van der Waals surface area contributed by atoms with Gasteiger partial charge in [0.25, 0.3) is 0 Å². The summed E-state index contributed by atoms with van der Waals surface area (Å²) in [5, 5.41) is 0. The van der Waals surface area contributed by atoms with Crippen LogP contribution in [-0.4, -0.2) is 16.1 Å². The Morgan fingerprint density at radius 3 is 2.41 bits per heavy atom. The summed E-state index contributed by atoms with van der Waals surface area (Å²) in [6.07, 6.45) is 4.35. The Morgan fingerprint density at radius 2 is 1.88 bits per heavy atom. The lowest BCUT2D eigenvalue weighted by Gasteiger charge is -2.15. The van der Waals surface area contributed by atoms with Crippen LogP contribution < -0.4 is 4.74 Å². The van der Waals surface area contributed by atoms with Crippen LogP contribution in [0.15, 0.2) is 0 Å². The molecule has 0 fully saturated rings. The second kappa shape index (κ2) is 6.58.